The topological polar surface area (TPSA) is 69.9 Å². The summed E-state index contributed by atoms with van der Waals surface area (Å²) >= 11 is 1.59. The average Bonchev–Trinajstić information content (AvgIpc) is 2.63. The SMILES string of the molecule is CC(O)c1ccc(Cc2ccccc2OC2CC(O)CC(CO)S2)cc1. The molecule has 2 aromatic carbocycles. The maximum Gasteiger partial charge on any atom is 0.147 e. The highest BCUT2D eigenvalue weighted by molar-refractivity contribution is 8.00. The van der Waals surface area contributed by atoms with Crippen molar-refractivity contribution in [3.8, 4) is 5.75 Å². The first-order valence-electron chi connectivity index (χ1n) is 9.01. The van der Waals surface area contributed by atoms with Crippen LogP contribution in [0.5, 0.6) is 5.75 Å². The van der Waals surface area contributed by atoms with Gasteiger partial charge in [0.2, 0.25) is 0 Å². The van der Waals surface area contributed by atoms with Gasteiger partial charge in [-0.25, -0.2) is 0 Å². The number of thioether (sulfide) groups is 1. The van der Waals surface area contributed by atoms with Crippen molar-refractivity contribution in [2.24, 2.45) is 0 Å². The monoisotopic (exact) mass is 374 g/mol. The molecule has 0 bridgehead atoms. The Morgan fingerprint density at radius 2 is 1.85 bits per heavy atom. The molecule has 3 N–H and O–H groups in total. The Kier molecular flexibility index (Phi) is 6.59. The van der Waals surface area contributed by atoms with Crippen molar-refractivity contribution in [2.45, 2.75) is 49.1 Å². The third-order valence-electron chi connectivity index (χ3n) is 4.64. The van der Waals surface area contributed by atoms with Gasteiger partial charge in [0.25, 0.3) is 0 Å². The summed E-state index contributed by atoms with van der Waals surface area (Å²) in [4.78, 5) is 0. The first-order valence-corrected chi connectivity index (χ1v) is 9.95. The number of ether oxygens (including phenoxy) is 1. The Morgan fingerprint density at radius 3 is 2.54 bits per heavy atom. The van der Waals surface area contributed by atoms with Gasteiger partial charge in [-0.3, -0.25) is 0 Å². The maximum atomic E-state index is 10.0. The fourth-order valence-corrected chi connectivity index (χ4v) is 4.52. The van der Waals surface area contributed by atoms with Crippen molar-refractivity contribution in [3.63, 3.8) is 0 Å². The number of para-hydroxylation sites is 1. The van der Waals surface area contributed by atoms with Crippen LogP contribution in [0, 0.1) is 0 Å². The van der Waals surface area contributed by atoms with E-state index in [4.69, 9.17) is 4.74 Å². The molecule has 0 saturated carbocycles. The highest BCUT2D eigenvalue weighted by Gasteiger charge is 2.29. The van der Waals surface area contributed by atoms with E-state index in [-0.39, 0.29) is 17.3 Å². The molecule has 0 spiro atoms. The van der Waals surface area contributed by atoms with E-state index < -0.39 is 12.2 Å². The lowest BCUT2D eigenvalue weighted by molar-refractivity contribution is 0.104. The fraction of sp³-hybridized carbons (Fsp3) is 0.429. The standard InChI is InChI=1S/C21H26O4S/c1-14(23)16-8-6-15(7-9-16)10-17-4-2-3-5-20(17)25-21-12-18(24)11-19(13-22)26-21/h2-9,14,18-19,21-24H,10-13H2,1H3. The molecule has 0 amide bonds. The summed E-state index contributed by atoms with van der Waals surface area (Å²) in [7, 11) is 0. The van der Waals surface area contributed by atoms with Crippen molar-refractivity contribution in [1.82, 2.24) is 0 Å². The Hall–Kier alpha value is -1.53. The van der Waals surface area contributed by atoms with Crippen LogP contribution in [0.3, 0.4) is 0 Å². The number of rotatable bonds is 6. The van der Waals surface area contributed by atoms with Gasteiger partial charge < -0.3 is 20.1 Å². The number of benzene rings is 2. The second kappa shape index (κ2) is 8.91. The third-order valence-corrected chi connectivity index (χ3v) is 5.95. The van der Waals surface area contributed by atoms with Crippen molar-refractivity contribution < 1.29 is 20.1 Å². The second-order valence-corrected chi connectivity index (χ2v) is 8.28. The van der Waals surface area contributed by atoms with E-state index in [1.54, 1.807) is 18.7 Å². The molecule has 0 aliphatic carbocycles. The molecule has 0 radical (unpaired) electrons. The zero-order valence-electron chi connectivity index (χ0n) is 14.9. The predicted octanol–water partition coefficient (Wildman–Crippen LogP) is 3.28. The number of hydrogen-bond acceptors (Lipinski definition) is 5. The minimum atomic E-state index is -0.464. The van der Waals surface area contributed by atoms with Crippen LogP contribution in [-0.4, -0.2) is 38.7 Å². The molecule has 1 heterocycles. The van der Waals surface area contributed by atoms with Gasteiger partial charge in [-0.2, -0.15) is 0 Å². The molecular formula is C21H26O4S. The quantitative estimate of drug-likeness (QED) is 0.724. The van der Waals surface area contributed by atoms with Gasteiger partial charge >= 0.3 is 0 Å². The van der Waals surface area contributed by atoms with Crippen LogP contribution in [-0.2, 0) is 6.42 Å². The van der Waals surface area contributed by atoms with E-state index in [1.165, 1.54) is 0 Å². The summed E-state index contributed by atoms with van der Waals surface area (Å²) in [6.07, 6.45) is 1.02. The summed E-state index contributed by atoms with van der Waals surface area (Å²) < 4.78 is 6.17. The van der Waals surface area contributed by atoms with Crippen molar-refractivity contribution in [2.75, 3.05) is 6.61 Å². The summed E-state index contributed by atoms with van der Waals surface area (Å²) in [5, 5.41) is 29.1. The lowest BCUT2D eigenvalue weighted by Crippen LogP contribution is -2.33. The highest BCUT2D eigenvalue weighted by atomic mass is 32.2. The average molecular weight is 375 g/mol. The molecule has 1 aliphatic rings. The Labute approximate surface area is 158 Å². The van der Waals surface area contributed by atoms with E-state index >= 15 is 0 Å². The van der Waals surface area contributed by atoms with Gasteiger partial charge in [-0.1, -0.05) is 42.5 Å². The van der Waals surface area contributed by atoms with Gasteiger partial charge in [-0.15, -0.1) is 11.8 Å². The van der Waals surface area contributed by atoms with Gasteiger partial charge in [0, 0.05) is 18.1 Å². The fourth-order valence-electron chi connectivity index (χ4n) is 3.18. The molecule has 1 saturated heterocycles. The largest absolute Gasteiger partial charge is 0.479 e. The van der Waals surface area contributed by atoms with E-state index in [0.717, 1.165) is 28.9 Å². The van der Waals surface area contributed by atoms with Crippen LogP contribution in [0.4, 0.5) is 0 Å². The Morgan fingerprint density at radius 1 is 1.12 bits per heavy atom. The van der Waals surface area contributed by atoms with Gasteiger partial charge in [0.05, 0.1) is 18.8 Å². The van der Waals surface area contributed by atoms with Crippen LogP contribution in [0.2, 0.25) is 0 Å². The summed E-state index contributed by atoms with van der Waals surface area (Å²) in [6.45, 7) is 1.81. The normalized spacial score (nSPS) is 24.2. The minimum absolute atomic E-state index is 0.0175. The zero-order valence-corrected chi connectivity index (χ0v) is 15.7. The molecular weight excluding hydrogens is 348 g/mol. The predicted molar refractivity (Wildman–Crippen MR) is 104 cm³/mol. The number of aliphatic hydroxyl groups excluding tert-OH is 3. The van der Waals surface area contributed by atoms with Crippen LogP contribution in [0.25, 0.3) is 0 Å². The first kappa shape index (κ1) is 19.2. The van der Waals surface area contributed by atoms with E-state index in [9.17, 15) is 15.3 Å². The second-order valence-electron chi connectivity index (χ2n) is 6.82. The molecule has 1 fully saturated rings. The molecule has 2 aromatic rings. The van der Waals surface area contributed by atoms with E-state index in [2.05, 4.69) is 0 Å². The van der Waals surface area contributed by atoms with E-state index in [1.807, 2.05) is 48.5 Å². The minimum Gasteiger partial charge on any atom is -0.479 e. The lowest BCUT2D eigenvalue weighted by Gasteiger charge is -2.31. The molecule has 4 atom stereocenters. The number of aliphatic hydroxyl groups is 3. The van der Waals surface area contributed by atoms with Crippen LogP contribution in [0.15, 0.2) is 48.5 Å². The van der Waals surface area contributed by atoms with Gasteiger partial charge in [-0.05, 0) is 36.1 Å². The number of hydrogen-bond donors (Lipinski definition) is 3. The van der Waals surface area contributed by atoms with Crippen LogP contribution in [0.1, 0.15) is 42.6 Å². The highest BCUT2D eigenvalue weighted by Crippen LogP contribution is 2.35. The Bertz CT molecular complexity index is 701. The third kappa shape index (κ3) is 5.01. The lowest BCUT2D eigenvalue weighted by atomic mass is 10.0. The Balaban J connectivity index is 1.71. The molecule has 26 heavy (non-hydrogen) atoms. The first-order chi connectivity index (χ1) is 12.5. The molecule has 140 valence electrons. The molecule has 4 nitrogen and oxygen atoms in total. The summed E-state index contributed by atoms with van der Waals surface area (Å²) in [5.41, 5.74) is 2.98. The summed E-state index contributed by atoms with van der Waals surface area (Å²) in [5.74, 6) is 0.815. The molecule has 1 aliphatic heterocycles. The zero-order chi connectivity index (χ0) is 18.5. The van der Waals surface area contributed by atoms with Gasteiger partial charge in [0.1, 0.15) is 11.2 Å². The molecule has 0 aromatic heterocycles. The smallest absolute Gasteiger partial charge is 0.147 e. The molecule has 4 unspecified atom stereocenters. The van der Waals surface area contributed by atoms with Crippen LogP contribution < -0.4 is 4.74 Å². The van der Waals surface area contributed by atoms with Crippen molar-refractivity contribution in [3.05, 3.63) is 65.2 Å². The van der Waals surface area contributed by atoms with Crippen molar-refractivity contribution in [1.29, 1.82) is 0 Å². The van der Waals surface area contributed by atoms with Crippen molar-refractivity contribution >= 4 is 11.8 Å². The van der Waals surface area contributed by atoms with Gasteiger partial charge in [0.15, 0.2) is 0 Å². The summed E-state index contributed by atoms with van der Waals surface area (Å²) in [6, 6.07) is 15.9. The maximum absolute atomic E-state index is 10.0. The van der Waals surface area contributed by atoms with E-state index in [0.29, 0.717) is 12.8 Å². The molecule has 5 heteroatoms. The van der Waals surface area contributed by atoms with Crippen LogP contribution >= 0.6 is 11.8 Å². The molecule has 3 rings (SSSR count).